The molecule has 12 rings (SSSR count). The van der Waals surface area contributed by atoms with Crippen LogP contribution in [0.4, 0.5) is 17.1 Å². The van der Waals surface area contributed by atoms with Crippen molar-refractivity contribution >= 4 is 82.6 Å². The fourth-order valence-corrected chi connectivity index (χ4v) is 8.34. The van der Waals surface area contributed by atoms with Gasteiger partial charge < -0.3 is 13.7 Å². The minimum atomic E-state index is 0.644. The molecular formula is C48H27N3O2. The zero-order valence-electron chi connectivity index (χ0n) is 28.2. The van der Waals surface area contributed by atoms with Crippen LogP contribution in [-0.4, -0.2) is 9.97 Å². The van der Waals surface area contributed by atoms with Crippen LogP contribution in [0, 0.1) is 0 Å². The SMILES string of the molecule is c1ccc2c(c1)-c1cccc3cccc(c13)N2c1ccc2ccc(-c3nc(-c4ccc5oc6ccccc6c5c4)c4oc5ccccc5c4n3)cc2c1. The van der Waals surface area contributed by atoms with Crippen LogP contribution in [0.3, 0.4) is 0 Å². The number of anilines is 3. The van der Waals surface area contributed by atoms with Crippen LogP contribution in [0.15, 0.2) is 173 Å². The molecule has 53 heavy (non-hydrogen) atoms. The van der Waals surface area contributed by atoms with Crippen molar-refractivity contribution in [2.75, 3.05) is 4.90 Å². The Balaban J connectivity index is 1.05. The fraction of sp³-hybridized carbons (Fsp3) is 0. The molecule has 1 aliphatic rings. The first-order valence-corrected chi connectivity index (χ1v) is 17.8. The third-order valence-corrected chi connectivity index (χ3v) is 10.8. The highest BCUT2D eigenvalue weighted by molar-refractivity contribution is 6.14. The van der Waals surface area contributed by atoms with E-state index >= 15 is 0 Å². The lowest BCUT2D eigenvalue weighted by Crippen LogP contribution is -2.14. The highest BCUT2D eigenvalue weighted by atomic mass is 16.3. The summed E-state index contributed by atoms with van der Waals surface area (Å²) in [5.41, 5.74) is 12.5. The molecule has 0 N–H and O–H groups in total. The van der Waals surface area contributed by atoms with E-state index in [1.165, 1.54) is 33.3 Å². The Labute approximate surface area is 303 Å². The lowest BCUT2D eigenvalue weighted by atomic mass is 9.91. The molecule has 8 aromatic carbocycles. The summed E-state index contributed by atoms with van der Waals surface area (Å²) in [4.78, 5) is 12.8. The largest absolute Gasteiger partial charge is 0.456 e. The van der Waals surface area contributed by atoms with Crippen molar-refractivity contribution in [2.24, 2.45) is 0 Å². The smallest absolute Gasteiger partial charge is 0.180 e. The molecule has 0 atom stereocenters. The van der Waals surface area contributed by atoms with Gasteiger partial charge in [-0.1, -0.05) is 97.1 Å². The Morgan fingerprint density at radius 3 is 2.08 bits per heavy atom. The van der Waals surface area contributed by atoms with Crippen molar-refractivity contribution in [2.45, 2.75) is 0 Å². The Morgan fingerprint density at radius 1 is 0.434 bits per heavy atom. The Kier molecular flexibility index (Phi) is 5.71. The van der Waals surface area contributed by atoms with E-state index in [-0.39, 0.29) is 0 Å². The van der Waals surface area contributed by atoms with Crippen LogP contribution in [0.1, 0.15) is 0 Å². The van der Waals surface area contributed by atoms with Crippen LogP contribution < -0.4 is 4.90 Å². The molecule has 0 spiro atoms. The third kappa shape index (κ3) is 4.13. The van der Waals surface area contributed by atoms with Gasteiger partial charge >= 0.3 is 0 Å². The van der Waals surface area contributed by atoms with E-state index in [9.17, 15) is 0 Å². The van der Waals surface area contributed by atoms with Crippen molar-refractivity contribution in [3.05, 3.63) is 164 Å². The summed E-state index contributed by atoms with van der Waals surface area (Å²) >= 11 is 0. The van der Waals surface area contributed by atoms with Gasteiger partial charge in [-0.15, -0.1) is 0 Å². The van der Waals surface area contributed by atoms with Gasteiger partial charge in [-0.25, -0.2) is 9.97 Å². The second kappa shape index (κ2) is 10.6. The normalized spacial score (nSPS) is 12.5. The lowest BCUT2D eigenvalue weighted by molar-refractivity contribution is 0.666. The minimum absolute atomic E-state index is 0.644. The summed E-state index contributed by atoms with van der Waals surface area (Å²) in [5.74, 6) is 0.644. The van der Waals surface area contributed by atoms with E-state index < -0.39 is 0 Å². The van der Waals surface area contributed by atoms with E-state index in [0.717, 1.165) is 71.7 Å². The van der Waals surface area contributed by atoms with E-state index in [2.05, 4.69) is 126 Å². The highest BCUT2D eigenvalue weighted by Gasteiger charge is 2.26. The third-order valence-electron chi connectivity index (χ3n) is 10.8. The molecule has 0 saturated carbocycles. The molecule has 0 radical (unpaired) electrons. The number of benzene rings is 8. The van der Waals surface area contributed by atoms with E-state index in [1.807, 2.05) is 42.5 Å². The number of furan rings is 2. The zero-order chi connectivity index (χ0) is 34.6. The van der Waals surface area contributed by atoms with Crippen molar-refractivity contribution in [3.63, 3.8) is 0 Å². The van der Waals surface area contributed by atoms with Gasteiger partial charge in [0.15, 0.2) is 11.4 Å². The molecule has 0 fully saturated rings. The lowest BCUT2D eigenvalue weighted by Gasteiger charge is -2.33. The first kappa shape index (κ1) is 28.5. The summed E-state index contributed by atoms with van der Waals surface area (Å²) < 4.78 is 12.6. The molecule has 3 aromatic heterocycles. The van der Waals surface area contributed by atoms with Crippen LogP contribution in [-0.2, 0) is 0 Å². The average molecular weight is 678 g/mol. The van der Waals surface area contributed by atoms with Crippen LogP contribution in [0.5, 0.6) is 0 Å². The van der Waals surface area contributed by atoms with Gasteiger partial charge in [0.2, 0.25) is 0 Å². The van der Waals surface area contributed by atoms with Crippen molar-refractivity contribution in [1.82, 2.24) is 9.97 Å². The van der Waals surface area contributed by atoms with Crippen LogP contribution in [0.25, 0.3) is 99.3 Å². The van der Waals surface area contributed by atoms with Gasteiger partial charge in [0.05, 0.1) is 11.4 Å². The summed E-state index contributed by atoms with van der Waals surface area (Å²) in [6.45, 7) is 0. The molecule has 1 aliphatic heterocycles. The van der Waals surface area contributed by atoms with Crippen molar-refractivity contribution in [1.29, 1.82) is 0 Å². The van der Waals surface area contributed by atoms with Crippen LogP contribution >= 0.6 is 0 Å². The zero-order valence-corrected chi connectivity index (χ0v) is 28.2. The van der Waals surface area contributed by atoms with Gasteiger partial charge in [0.25, 0.3) is 0 Å². The predicted octanol–water partition coefficient (Wildman–Crippen LogP) is 13.4. The second-order valence-corrected chi connectivity index (χ2v) is 13.8. The molecule has 0 amide bonds. The number of para-hydroxylation sites is 3. The topological polar surface area (TPSA) is 55.3 Å². The molecule has 5 nitrogen and oxygen atoms in total. The average Bonchev–Trinajstić information content (AvgIpc) is 3.78. The summed E-state index contributed by atoms with van der Waals surface area (Å²) in [6.07, 6.45) is 0. The first-order valence-electron chi connectivity index (χ1n) is 17.8. The molecule has 0 aliphatic carbocycles. The summed E-state index contributed by atoms with van der Waals surface area (Å²) in [7, 11) is 0. The summed E-state index contributed by atoms with van der Waals surface area (Å²) in [6, 6.07) is 57.5. The van der Waals surface area contributed by atoms with Gasteiger partial charge in [-0.3, -0.25) is 0 Å². The predicted molar refractivity (Wildman–Crippen MR) is 216 cm³/mol. The first-order chi connectivity index (χ1) is 26.2. The molecule has 0 saturated heterocycles. The van der Waals surface area contributed by atoms with E-state index in [1.54, 1.807) is 0 Å². The van der Waals surface area contributed by atoms with Gasteiger partial charge in [0, 0.05) is 43.9 Å². The number of nitrogens with zero attached hydrogens (tertiary/aromatic N) is 3. The summed E-state index contributed by atoms with van der Waals surface area (Å²) in [5, 5.41) is 7.83. The molecule has 0 unspecified atom stereocenters. The fourth-order valence-electron chi connectivity index (χ4n) is 8.34. The molecule has 5 heteroatoms. The quantitative estimate of drug-likeness (QED) is 0.186. The molecule has 0 bridgehead atoms. The molecular weight excluding hydrogens is 651 g/mol. The van der Waals surface area contributed by atoms with Gasteiger partial charge in [-0.2, -0.15) is 0 Å². The standard InChI is InChI=1S/C48H27N3O2/c1-4-15-39-34(11-1)36-14-7-9-29-10-8-16-40(44(29)36)51(39)33-23-21-28-19-20-31(25-32(28)26-33)48-49-45(47-46(50-48)37-13-3-6-18-42(37)53-47)30-22-24-43-38(27-30)35-12-2-5-17-41(35)52-43/h1-27H. The monoisotopic (exact) mass is 677 g/mol. The van der Waals surface area contributed by atoms with Crippen molar-refractivity contribution < 1.29 is 8.83 Å². The van der Waals surface area contributed by atoms with Gasteiger partial charge in [0.1, 0.15) is 28.0 Å². The Morgan fingerprint density at radius 2 is 1.15 bits per heavy atom. The molecule has 4 heterocycles. The maximum absolute atomic E-state index is 6.49. The van der Waals surface area contributed by atoms with Gasteiger partial charge in [-0.05, 0) is 88.5 Å². The van der Waals surface area contributed by atoms with E-state index in [4.69, 9.17) is 18.8 Å². The van der Waals surface area contributed by atoms with Crippen molar-refractivity contribution in [3.8, 4) is 33.8 Å². The number of fused-ring (bicyclic) bond motifs is 9. The number of aromatic nitrogens is 2. The maximum Gasteiger partial charge on any atom is 0.180 e. The second-order valence-electron chi connectivity index (χ2n) is 13.8. The van der Waals surface area contributed by atoms with Crippen LogP contribution in [0.2, 0.25) is 0 Å². The highest BCUT2D eigenvalue weighted by Crippen LogP contribution is 2.51. The molecule has 246 valence electrons. The minimum Gasteiger partial charge on any atom is -0.456 e. The van der Waals surface area contributed by atoms with E-state index in [0.29, 0.717) is 11.4 Å². The maximum atomic E-state index is 6.49. The number of rotatable bonds is 3. The molecule has 11 aromatic rings. The number of hydrogen-bond acceptors (Lipinski definition) is 5. The Bertz CT molecular complexity index is 3310. The Hall–Kier alpha value is -7.24. The number of hydrogen-bond donors (Lipinski definition) is 0.